The molecular weight excluding hydrogens is 339 g/mol. The van der Waals surface area contributed by atoms with Gasteiger partial charge in [-0.05, 0) is 30.7 Å². The minimum absolute atomic E-state index is 0.167. The lowest BCUT2D eigenvalue weighted by Crippen LogP contribution is -2.37. The van der Waals surface area contributed by atoms with E-state index in [0.717, 1.165) is 4.57 Å². The molecule has 0 aliphatic rings. The summed E-state index contributed by atoms with van der Waals surface area (Å²) in [6.07, 6.45) is 1.30. The molecule has 0 aliphatic carbocycles. The van der Waals surface area contributed by atoms with Crippen molar-refractivity contribution in [3.05, 3.63) is 74.3 Å². The van der Waals surface area contributed by atoms with Gasteiger partial charge < -0.3 is 5.32 Å². The van der Waals surface area contributed by atoms with Gasteiger partial charge in [0.2, 0.25) is 0 Å². The Kier molecular flexibility index (Phi) is 4.41. The lowest BCUT2D eigenvalue weighted by atomic mass is 10.1. The second kappa shape index (κ2) is 6.55. The number of amides is 1. The third-order valence-electron chi connectivity index (χ3n) is 4.25. The van der Waals surface area contributed by atoms with Gasteiger partial charge in [0, 0.05) is 20.3 Å². The number of aryl methyl sites for hydroxylation is 1. The quantitative estimate of drug-likeness (QED) is 0.766. The van der Waals surface area contributed by atoms with Crippen LogP contribution in [-0.4, -0.2) is 20.0 Å². The van der Waals surface area contributed by atoms with Gasteiger partial charge in [-0.3, -0.25) is 18.7 Å². The van der Waals surface area contributed by atoms with Crippen molar-refractivity contribution in [2.75, 3.05) is 0 Å². The number of hydrogen-bond donors (Lipinski definition) is 1. The van der Waals surface area contributed by atoms with Crippen molar-refractivity contribution in [3.8, 4) is 0 Å². The van der Waals surface area contributed by atoms with Crippen LogP contribution in [0.1, 0.15) is 28.9 Å². The number of rotatable bonds is 3. The highest BCUT2D eigenvalue weighted by atomic mass is 19.1. The number of fused-ring (bicyclic) bond motifs is 1. The summed E-state index contributed by atoms with van der Waals surface area (Å²) in [6, 6.07) is 6.91. The number of benzene rings is 1. The summed E-state index contributed by atoms with van der Waals surface area (Å²) in [4.78, 5) is 40.8. The summed E-state index contributed by atoms with van der Waals surface area (Å²) in [7, 11) is 2.87. The molecule has 0 saturated heterocycles. The minimum atomic E-state index is -0.525. The number of hydrogen-bond acceptors (Lipinski definition) is 4. The summed E-state index contributed by atoms with van der Waals surface area (Å²) >= 11 is 0. The number of pyridine rings is 1. The van der Waals surface area contributed by atoms with Gasteiger partial charge >= 0.3 is 5.69 Å². The van der Waals surface area contributed by atoms with Crippen molar-refractivity contribution in [2.45, 2.75) is 13.0 Å². The molecule has 134 valence electrons. The van der Waals surface area contributed by atoms with Crippen molar-refractivity contribution in [1.82, 2.24) is 19.4 Å². The molecule has 0 spiro atoms. The first-order valence-electron chi connectivity index (χ1n) is 7.91. The standard InChI is InChI=1S/C18H17FN4O3/c1-10(11-5-4-6-13(19)7-11)21-16(24)12-8-14-15(20-9-12)22(2)18(26)23(3)17(14)25/h4-10H,1-3H3,(H,21,24)/t10-/m1/s1. The number of halogens is 1. The van der Waals surface area contributed by atoms with E-state index < -0.39 is 23.2 Å². The van der Waals surface area contributed by atoms with E-state index in [4.69, 9.17) is 0 Å². The smallest absolute Gasteiger partial charge is 0.332 e. The first-order valence-corrected chi connectivity index (χ1v) is 7.91. The fourth-order valence-corrected chi connectivity index (χ4v) is 2.73. The van der Waals surface area contributed by atoms with Crippen LogP contribution in [-0.2, 0) is 14.1 Å². The number of carbonyl (C=O) groups is 1. The largest absolute Gasteiger partial charge is 0.345 e. The molecule has 0 aliphatic heterocycles. The third kappa shape index (κ3) is 3.01. The van der Waals surface area contributed by atoms with Crippen molar-refractivity contribution in [1.29, 1.82) is 0 Å². The molecule has 26 heavy (non-hydrogen) atoms. The fraction of sp³-hybridized carbons (Fsp3) is 0.222. The van der Waals surface area contributed by atoms with Crippen LogP contribution in [0.3, 0.4) is 0 Å². The first kappa shape index (κ1) is 17.5. The van der Waals surface area contributed by atoms with Crippen LogP contribution in [0.5, 0.6) is 0 Å². The molecule has 3 aromatic rings. The predicted molar refractivity (Wildman–Crippen MR) is 94.5 cm³/mol. The highest BCUT2D eigenvalue weighted by Gasteiger charge is 2.16. The molecule has 2 aromatic heterocycles. The molecule has 1 N–H and O–H groups in total. The fourth-order valence-electron chi connectivity index (χ4n) is 2.73. The predicted octanol–water partition coefficient (Wildman–Crippen LogP) is 1.26. The van der Waals surface area contributed by atoms with Gasteiger partial charge in [-0.2, -0.15) is 0 Å². The molecule has 0 bridgehead atoms. The van der Waals surface area contributed by atoms with Gasteiger partial charge in [-0.25, -0.2) is 14.2 Å². The third-order valence-corrected chi connectivity index (χ3v) is 4.25. The van der Waals surface area contributed by atoms with Crippen LogP contribution in [0.15, 0.2) is 46.1 Å². The van der Waals surface area contributed by atoms with Crippen LogP contribution in [0, 0.1) is 5.82 Å². The monoisotopic (exact) mass is 356 g/mol. The molecule has 1 aromatic carbocycles. The average molecular weight is 356 g/mol. The normalized spacial score (nSPS) is 12.2. The van der Waals surface area contributed by atoms with E-state index in [1.165, 1.54) is 43.1 Å². The average Bonchev–Trinajstić information content (AvgIpc) is 2.64. The Morgan fingerprint density at radius 2 is 1.92 bits per heavy atom. The van der Waals surface area contributed by atoms with E-state index in [-0.39, 0.29) is 22.4 Å². The number of aromatic nitrogens is 3. The Bertz CT molecular complexity index is 1130. The van der Waals surface area contributed by atoms with Crippen molar-refractivity contribution < 1.29 is 9.18 Å². The molecule has 1 atom stereocenters. The van der Waals surface area contributed by atoms with E-state index in [1.807, 2.05) is 0 Å². The second-order valence-electron chi connectivity index (χ2n) is 6.05. The highest BCUT2D eigenvalue weighted by Crippen LogP contribution is 2.15. The zero-order valence-electron chi connectivity index (χ0n) is 14.5. The van der Waals surface area contributed by atoms with E-state index in [0.29, 0.717) is 5.56 Å². The van der Waals surface area contributed by atoms with Gasteiger partial charge in [0.15, 0.2) is 0 Å². The van der Waals surface area contributed by atoms with Crippen molar-refractivity contribution in [3.63, 3.8) is 0 Å². The molecule has 0 fully saturated rings. The Morgan fingerprint density at radius 1 is 1.19 bits per heavy atom. The molecule has 2 heterocycles. The molecule has 8 heteroatoms. The maximum atomic E-state index is 13.3. The maximum absolute atomic E-state index is 13.3. The van der Waals surface area contributed by atoms with Crippen LogP contribution < -0.4 is 16.6 Å². The summed E-state index contributed by atoms with van der Waals surface area (Å²) in [5.41, 5.74) is -0.0231. The van der Waals surface area contributed by atoms with E-state index >= 15 is 0 Å². The van der Waals surface area contributed by atoms with Crippen molar-refractivity contribution >= 4 is 16.9 Å². The number of carbonyl (C=O) groups excluding carboxylic acids is 1. The molecule has 0 unspecified atom stereocenters. The molecule has 0 saturated carbocycles. The molecule has 3 rings (SSSR count). The van der Waals surface area contributed by atoms with Gasteiger partial charge in [0.25, 0.3) is 11.5 Å². The van der Waals surface area contributed by atoms with Crippen LogP contribution >= 0.6 is 0 Å². The van der Waals surface area contributed by atoms with E-state index in [1.54, 1.807) is 19.1 Å². The SMILES string of the molecule is C[C@@H](NC(=O)c1cnc2c(c1)c(=O)n(C)c(=O)n2C)c1cccc(F)c1. The molecular formula is C18H17FN4O3. The molecule has 0 radical (unpaired) electrons. The number of nitrogens with zero attached hydrogens (tertiary/aromatic N) is 3. The zero-order chi connectivity index (χ0) is 19.0. The van der Waals surface area contributed by atoms with Crippen LogP contribution in [0.4, 0.5) is 4.39 Å². The summed E-state index contributed by atoms with van der Waals surface area (Å²) in [6.45, 7) is 1.73. The number of nitrogens with one attached hydrogen (secondary N) is 1. The Balaban J connectivity index is 1.96. The molecule has 1 amide bonds. The summed E-state index contributed by atoms with van der Waals surface area (Å²) < 4.78 is 15.5. The Morgan fingerprint density at radius 3 is 2.62 bits per heavy atom. The Hall–Kier alpha value is -3.29. The lowest BCUT2D eigenvalue weighted by Gasteiger charge is -2.15. The van der Waals surface area contributed by atoms with Crippen molar-refractivity contribution in [2.24, 2.45) is 14.1 Å². The summed E-state index contributed by atoms with van der Waals surface area (Å²) in [5.74, 6) is -0.840. The van der Waals surface area contributed by atoms with E-state index in [9.17, 15) is 18.8 Å². The van der Waals surface area contributed by atoms with Crippen LogP contribution in [0.25, 0.3) is 11.0 Å². The Labute approximate surface area is 147 Å². The van der Waals surface area contributed by atoms with Gasteiger partial charge in [-0.15, -0.1) is 0 Å². The van der Waals surface area contributed by atoms with Gasteiger partial charge in [-0.1, -0.05) is 12.1 Å². The maximum Gasteiger partial charge on any atom is 0.332 e. The second-order valence-corrected chi connectivity index (χ2v) is 6.05. The topological polar surface area (TPSA) is 86.0 Å². The van der Waals surface area contributed by atoms with Gasteiger partial charge in [0.05, 0.1) is 17.0 Å². The van der Waals surface area contributed by atoms with E-state index in [2.05, 4.69) is 10.3 Å². The first-order chi connectivity index (χ1) is 12.3. The van der Waals surface area contributed by atoms with Gasteiger partial charge in [0.1, 0.15) is 11.5 Å². The lowest BCUT2D eigenvalue weighted by molar-refractivity contribution is 0.0939. The highest BCUT2D eigenvalue weighted by molar-refractivity contribution is 5.96. The summed E-state index contributed by atoms with van der Waals surface area (Å²) in [5, 5.41) is 2.91. The van der Waals surface area contributed by atoms with Crippen LogP contribution in [0.2, 0.25) is 0 Å². The minimum Gasteiger partial charge on any atom is -0.345 e. The zero-order valence-corrected chi connectivity index (χ0v) is 14.5. The molecule has 7 nitrogen and oxygen atoms in total.